The number of nitrogens with zero attached hydrogens (tertiary/aromatic N) is 1. The van der Waals surface area contributed by atoms with E-state index in [9.17, 15) is 4.79 Å². The summed E-state index contributed by atoms with van der Waals surface area (Å²) >= 11 is 4.78. The van der Waals surface area contributed by atoms with E-state index in [1.165, 1.54) is 0 Å². The smallest absolute Gasteiger partial charge is 0.227 e. The van der Waals surface area contributed by atoms with Crippen LogP contribution in [0.4, 0.5) is 11.4 Å². The zero-order chi connectivity index (χ0) is 12.4. The Bertz CT molecular complexity index is 473. The molecule has 1 aliphatic rings. The molecule has 0 aromatic heterocycles. The van der Waals surface area contributed by atoms with E-state index >= 15 is 0 Å². The average Bonchev–Trinajstić information content (AvgIpc) is 2.64. The fourth-order valence-electron chi connectivity index (χ4n) is 2.08. The molecule has 0 radical (unpaired) electrons. The Labute approximate surface area is 106 Å². The van der Waals surface area contributed by atoms with Crippen molar-refractivity contribution in [1.29, 1.82) is 0 Å². The molecule has 17 heavy (non-hydrogen) atoms. The number of hydrogen-bond acceptors (Lipinski definition) is 2. The molecule has 0 saturated carbocycles. The Balaban J connectivity index is 2.25. The molecule has 1 aliphatic heterocycles. The summed E-state index contributed by atoms with van der Waals surface area (Å²) in [7, 11) is 0. The second-order valence-electron chi connectivity index (χ2n) is 4.14. The van der Waals surface area contributed by atoms with Gasteiger partial charge in [-0.25, -0.2) is 0 Å². The third kappa shape index (κ3) is 2.55. The van der Waals surface area contributed by atoms with Crippen LogP contribution >= 0.6 is 12.2 Å². The Morgan fingerprint density at radius 2 is 2.29 bits per heavy atom. The van der Waals surface area contributed by atoms with Crippen LogP contribution in [-0.4, -0.2) is 17.6 Å². The highest BCUT2D eigenvalue weighted by atomic mass is 32.1. The maximum Gasteiger partial charge on any atom is 0.227 e. The summed E-state index contributed by atoms with van der Waals surface area (Å²) in [5, 5.41) is 3.13. The van der Waals surface area contributed by atoms with Gasteiger partial charge in [-0.1, -0.05) is 0 Å². The lowest BCUT2D eigenvalue weighted by Crippen LogP contribution is -2.24. The monoisotopic (exact) mass is 249 g/mol. The molecule has 1 fully saturated rings. The van der Waals surface area contributed by atoms with E-state index in [1.54, 1.807) is 0 Å². The number of carbonyl (C=O) groups excluding carboxylic acids is 1. The highest BCUT2D eigenvalue weighted by molar-refractivity contribution is 7.80. The number of aryl methyl sites for hydroxylation is 1. The summed E-state index contributed by atoms with van der Waals surface area (Å²) in [6.07, 6.45) is 1.58. The lowest BCUT2D eigenvalue weighted by molar-refractivity contribution is -0.117. The van der Waals surface area contributed by atoms with Gasteiger partial charge in [0, 0.05) is 24.3 Å². The first-order valence-corrected chi connectivity index (χ1v) is 5.96. The molecule has 4 nitrogen and oxygen atoms in total. The maximum atomic E-state index is 11.7. The van der Waals surface area contributed by atoms with Crippen molar-refractivity contribution in [1.82, 2.24) is 0 Å². The van der Waals surface area contributed by atoms with Crippen molar-refractivity contribution < 1.29 is 4.79 Å². The van der Waals surface area contributed by atoms with Gasteiger partial charge in [0.15, 0.2) is 5.11 Å². The number of benzene rings is 1. The Morgan fingerprint density at radius 1 is 1.53 bits per heavy atom. The Kier molecular flexibility index (Phi) is 3.28. The van der Waals surface area contributed by atoms with Crippen molar-refractivity contribution >= 4 is 34.6 Å². The van der Waals surface area contributed by atoms with Crippen LogP contribution in [0.1, 0.15) is 18.4 Å². The SMILES string of the molecule is Cc1cc(NC(N)=S)ccc1N1CCCC1=O. The number of thiocarbonyl (C=S) groups is 1. The molecule has 1 saturated heterocycles. The van der Waals surface area contributed by atoms with E-state index in [4.69, 9.17) is 18.0 Å². The lowest BCUT2D eigenvalue weighted by atomic mass is 10.1. The zero-order valence-electron chi connectivity index (χ0n) is 9.69. The number of hydrogen-bond donors (Lipinski definition) is 2. The Morgan fingerprint density at radius 3 is 2.82 bits per heavy atom. The van der Waals surface area contributed by atoms with Gasteiger partial charge in [0.25, 0.3) is 0 Å². The summed E-state index contributed by atoms with van der Waals surface area (Å²) in [6.45, 7) is 2.79. The fourth-order valence-corrected chi connectivity index (χ4v) is 2.20. The van der Waals surface area contributed by atoms with Gasteiger partial charge in [0.2, 0.25) is 5.91 Å². The first-order chi connectivity index (χ1) is 8.08. The van der Waals surface area contributed by atoms with Crippen LogP contribution in [0, 0.1) is 6.92 Å². The van der Waals surface area contributed by atoms with Crippen molar-refractivity contribution in [2.24, 2.45) is 5.73 Å². The minimum absolute atomic E-state index is 0.197. The van der Waals surface area contributed by atoms with Crippen molar-refractivity contribution in [3.05, 3.63) is 23.8 Å². The number of rotatable bonds is 2. The normalized spacial score (nSPS) is 15.1. The molecule has 0 aliphatic carbocycles. The number of amides is 1. The second-order valence-corrected chi connectivity index (χ2v) is 4.58. The molecule has 2 rings (SSSR count). The van der Waals surface area contributed by atoms with Crippen LogP contribution in [0.2, 0.25) is 0 Å². The highest BCUT2D eigenvalue weighted by Gasteiger charge is 2.22. The van der Waals surface area contributed by atoms with Crippen LogP contribution in [0.25, 0.3) is 0 Å². The van der Waals surface area contributed by atoms with Crippen molar-refractivity contribution in [3.8, 4) is 0 Å². The molecule has 1 amide bonds. The molecule has 5 heteroatoms. The summed E-state index contributed by atoms with van der Waals surface area (Å²) in [6, 6.07) is 5.76. The lowest BCUT2D eigenvalue weighted by Gasteiger charge is -2.19. The van der Waals surface area contributed by atoms with Gasteiger partial charge in [-0.15, -0.1) is 0 Å². The van der Waals surface area contributed by atoms with E-state index in [0.29, 0.717) is 6.42 Å². The minimum atomic E-state index is 0.197. The first-order valence-electron chi connectivity index (χ1n) is 5.55. The van der Waals surface area contributed by atoms with E-state index in [-0.39, 0.29) is 11.0 Å². The van der Waals surface area contributed by atoms with E-state index < -0.39 is 0 Å². The predicted molar refractivity (Wildman–Crippen MR) is 73.2 cm³/mol. The quantitative estimate of drug-likeness (QED) is 0.784. The number of nitrogens with one attached hydrogen (secondary N) is 1. The van der Waals surface area contributed by atoms with Crippen LogP contribution in [0.5, 0.6) is 0 Å². The summed E-state index contributed by atoms with van der Waals surface area (Å²) in [4.78, 5) is 13.5. The van der Waals surface area contributed by atoms with E-state index in [0.717, 1.165) is 29.9 Å². The maximum absolute atomic E-state index is 11.7. The van der Waals surface area contributed by atoms with Gasteiger partial charge in [0.1, 0.15) is 0 Å². The third-order valence-corrected chi connectivity index (χ3v) is 2.93. The van der Waals surface area contributed by atoms with Crippen molar-refractivity contribution in [3.63, 3.8) is 0 Å². The molecule has 90 valence electrons. The van der Waals surface area contributed by atoms with Gasteiger partial charge in [-0.3, -0.25) is 4.79 Å². The summed E-state index contributed by atoms with van der Waals surface area (Å²) in [5.74, 6) is 0.197. The molecule has 0 unspecified atom stereocenters. The van der Waals surface area contributed by atoms with Crippen molar-refractivity contribution in [2.45, 2.75) is 19.8 Å². The van der Waals surface area contributed by atoms with Gasteiger partial charge < -0.3 is 16.0 Å². The van der Waals surface area contributed by atoms with Crippen LogP contribution < -0.4 is 16.0 Å². The molecule has 3 N–H and O–H groups in total. The molecule has 1 aromatic rings. The predicted octanol–water partition coefficient (Wildman–Crippen LogP) is 1.78. The molecule has 0 atom stereocenters. The minimum Gasteiger partial charge on any atom is -0.376 e. The average molecular weight is 249 g/mol. The summed E-state index contributed by atoms with van der Waals surface area (Å²) in [5.41, 5.74) is 8.28. The molecular weight excluding hydrogens is 234 g/mol. The van der Waals surface area contributed by atoms with E-state index in [2.05, 4.69) is 5.32 Å². The van der Waals surface area contributed by atoms with E-state index in [1.807, 2.05) is 30.0 Å². The molecule has 0 spiro atoms. The topological polar surface area (TPSA) is 58.4 Å². The van der Waals surface area contributed by atoms with Crippen LogP contribution in [0.15, 0.2) is 18.2 Å². The first kappa shape index (κ1) is 11.9. The number of nitrogens with two attached hydrogens (primary N) is 1. The standard InChI is InChI=1S/C12H15N3OS/c1-8-7-9(14-12(13)17)4-5-10(8)15-6-2-3-11(15)16/h4-5,7H,2-3,6H2,1H3,(H3,13,14,17). The number of anilines is 2. The second kappa shape index (κ2) is 4.71. The molecule has 1 heterocycles. The molecular formula is C12H15N3OS. The highest BCUT2D eigenvalue weighted by Crippen LogP contribution is 2.27. The molecule has 1 aromatic carbocycles. The fraction of sp³-hybridized carbons (Fsp3) is 0.333. The van der Waals surface area contributed by atoms with Crippen LogP contribution in [0.3, 0.4) is 0 Å². The third-order valence-electron chi connectivity index (χ3n) is 2.83. The summed E-state index contributed by atoms with van der Waals surface area (Å²) < 4.78 is 0. The van der Waals surface area contributed by atoms with Gasteiger partial charge in [0.05, 0.1) is 0 Å². The van der Waals surface area contributed by atoms with Gasteiger partial charge in [-0.05, 0) is 49.3 Å². The largest absolute Gasteiger partial charge is 0.376 e. The van der Waals surface area contributed by atoms with Gasteiger partial charge in [-0.2, -0.15) is 0 Å². The van der Waals surface area contributed by atoms with Gasteiger partial charge >= 0.3 is 0 Å². The molecule has 0 bridgehead atoms. The zero-order valence-corrected chi connectivity index (χ0v) is 10.5. The van der Waals surface area contributed by atoms with Crippen LogP contribution in [-0.2, 0) is 4.79 Å². The Hall–Kier alpha value is -1.62. The van der Waals surface area contributed by atoms with Crippen molar-refractivity contribution in [2.75, 3.05) is 16.8 Å². The number of carbonyl (C=O) groups is 1.